The maximum atomic E-state index is 9.11. The van der Waals surface area contributed by atoms with Crippen LogP contribution in [-0.4, -0.2) is 36.1 Å². The number of hydrogen-bond donors (Lipinski definition) is 3. The molecule has 0 fully saturated rings. The van der Waals surface area contributed by atoms with Crippen molar-refractivity contribution < 1.29 is 29.5 Å². The van der Waals surface area contributed by atoms with Crippen molar-refractivity contribution in [1.29, 1.82) is 0 Å². The van der Waals surface area contributed by atoms with Crippen LogP contribution in [0.1, 0.15) is 25.8 Å². The van der Waals surface area contributed by atoms with Gasteiger partial charge < -0.3 is 29.5 Å². The quantitative estimate of drug-likeness (QED) is 0.496. The lowest BCUT2D eigenvalue weighted by Crippen LogP contribution is -2.07. The smallest absolute Gasteiger partial charge is 0.126 e. The average Bonchev–Trinajstić information content (AvgIpc) is 2.81. The van der Waals surface area contributed by atoms with Crippen molar-refractivity contribution in [2.45, 2.75) is 26.7 Å². The molecule has 3 N–H and O–H groups in total. The molecule has 0 saturated heterocycles. The van der Waals surface area contributed by atoms with Gasteiger partial charge in [0.1, 0.15) is 34.5 Å². The number of phenolic OH excluding ortho intramolecular Hbond substituents is 3. The zero-order valence-electron chi connectivity index (χ0n) is 18.5. The summed E-state index contributed by atoms with van der Waals surface area (Å²) in [5.41, 5.74) is 1.20. The van der Waals surface area contributed by atoms with Crippen molar-refractivity contribution >= 4 is 0 Å². The van der Waals surface area contributed by atoms with Gasteiger partial charge in [-0.15, -0.1) is 0 Å². The molecule has 168 valence electrons. The molecule has 0 bridgehead atoms. The molecule has 4 rings (SSSR count). The molecule has 3 aromatic rings. The van der Waals surface area contributed by atoms with E-state index in [0.717, 1.165) is 25.2 Å². The highest BCUT2D eigenvalue weighted by atomic mass is 16.5. The molecule has 3 aromatic carbocycles. The molecule has 0 radical (unpaired) electrons. The summed E-state index contributed by atoms with van der Waals surface area (Å²) in [5, 5.41) is 26.8. The van der Waals surface area contributed by atoms with Crippen molar-refractivity contribution in [2.75, 3.05) is 20.8 Å². The number of fused-ring (bicyclic) bond motifs is 1. The highest BCUT2D eigenvalue weighted by molar-refractivity contribution is 5.41. The number of aryl methyl sites for hydroxylation is 1. The van der Waals surface area contributed by atoms with E-state index in [-0.39, 0.29) is 11.5 Å². The summed E-state index contributed by atoms with van der Waals surface area (Å²) in [6, 6.07) is 18.7. The highest BCUT2D eigenvalue weighted by Gasteiger charge is 2.09. The monoisotopic (exact) mass is 428 g/mol. The van der Waals surface area contributed by atoms with E-state index < -0.39 is 0 Å². The summed E-state index contributed by atoms with van der Waals surface area (Å²) < 4.78 is 15.1. The van der Waals surface area contributed by atoms with Gasteiger partial charge in [-0.2, -0.15) is 0 Å². The summed E-state index contributed by atoms with van der Waals surface area (Å²) in [6.45, 7) is 4.77. The molecule has 1 heterocycles. The van der Waals surface area contributed by atoms with E-state index in [4.69, 9.17) is 29.5 Å². The van der Waals surface area contributed by atoms with Crippen LogP contribution in [0.3, 0.4) is 0 Å². The van der Waals surface area contributed by atoms with E-state index in [2.05, 4.69) is 0 Å². The maximum Gasteiger partial charge on any atom is 0.126 e. The molecule has 0 amide bonds. The third kappa shape index (κ3) is 9.67. The lowest BCUT2D eigenvalue weighted by atomic mass is 10.1. The Morgan fingerprint density at radius 3 is 1.84 bits per heavy atom. The number of ether oxygens (including phenoxy) is 3. The van der Waals surface area contributed by atoms with Gasteiger partial charge >= 0.3 is 0 Å². The Kier molecular flexibility index (Phi) is 11.9. The second-order valence-corrected chi connectivity index (χ2v) is 6.15. The summed E-state index contributed by atoms with van der Waals surface area (Å²) in [6.07, 6.45) is 2.15. The molecule has 1 aliphatic rings. The van der Waals surface area contributed by atoms with Gasteiger partial charge in [0.25, 0.3) is 0 Å². The van der Waals surface area contributed by atoms with Crippen molar-refractivity contribution in [1.82, 2.24) is 0 Å². The first-order chi connectivity index (χ1) is 15.0. The molecule has 31 heavy (non-hydrogen) atoms. The zero-order chi connectivity index (χ0) is 23.1. The molecule has 0 aromatic heterocycles. The highest BCUT2D eigenvalue weighted by Crippen LogP contribution is 2.28. The second-order valence-electron chi connectivity index (χ2n) is 6.15. The topological polar surface area (TPSA) is 88.4 Å². The van der Waals surface area contributed by atoms with Crippen LogP contribution < -0.4 is 14.2 Å². The fourth-order valence-corrected chi connectivity index (χ4v) is 2.55. The first kappa shape index (κ1) is 25.5. The average molecular weight is 429 g/mol. The normalized spacial score (nSPS) is 10.8. The van der Waals surface area contributed by atoms with Crippen LogP contribution in [0.15, 0.2) is 66.7 Å². The first-order valence-corrected chi connectivity index (χ1v) is 10.1. The Labute approximate surface area is 184 Å². The molecule has 1 aliphatic heterocycles. The number of methoxy groups -OCH3 is 2. The molecular weight excluding hydrogens is 396 g/mol. The summed E-state index contributed by atoms with van der Waals surface area (Å²) in [5.74, 6) is 2.76. The maximum absolute atomic E-state index is 9.11. The minimum absolute atomic E-state index is 0.140. The summed E-state index contributed by atoms with van der Waals surface area (Å²) in [7, 11) is 3.07. The van der Waals surface area contributed by atoms with Crippen LogP contribution in [-0.2, 0) is 6.42 Å². The van der Waals surface area contributed by atoms with Crippen LogP contribution in [0.2, 0.25) is 0 Å². The van der Waals surface area contributed by atoms with Crippen molar-refractivity contribution in [3.8, 4) is 34.5 Å². The van der Waals surface area contributed by atoms with Crippen molar-refractivity contribution in [3.05, 3.63) is 72.3 Å². The number of para-hydroxylation sites is 1. The van der Waals surface area contributed by atoms with Gasteiger partial charge in [0.2, 0.25) is 0 Å². The van der Waals surface area contributed by atoms with E-state index in [1.807, 2.05) is 26.0 Å². The SMILES string of the molecule is CC.COc1cc(O)cc(OC)c1.Oc1ccc2c(c1)OCCC2.Oc1ccccc1. The summed E-state index contributed by atoms with van der Waals surface area (Å²) >= 11 is 0. The van der Waals surface area contributed by atoms with E-state index >= 15 is 0 Å². The van der Waals surface area contributed by atoms with Gasteiger partial charge in [-0.3, -0.25) is 0 Å². The molecule has 0 atom stereocenters. The molecular formula is C25H32O6. The van der Waals surface area contributed by atoms with Crippen LogP contribution in [0.5, 0.6) is 34.5 Å². The minimum Gasteiger partial charge on any atom is -0.508 e. The van der Waals surface area contributed by atoms with Gasteiger partial charge in [-0.25, -0.2) is 0 Å². The number of benzene rings is 3. The standard InChI is InChI=1S/C9H10O2.C8H10O3.C6H6O.C2H6/c10-8-4-3-7-2-1-5-11-9(7)6-8;1-10-7-3-6(9)4-8(5-7)11-2;7-6-4-2-1-3-5-6;1-2/h3-4,6,10H,1-2,5H2;3-5,9H,1-2H3;1-5,7H;1-2H3. The zero-order valence-corrected chi connectivity index (χ0v) is 18.5. The van der Waals surface area contributed by atoms with Gasteiger partial charge in [-0.05, 0) is 36.6 Å². The van der Waals surface area contributed by atoms with Crippen LogP contribution >= 0.6 is 0 Å². The molecule has 0 unspecified atom stereocenters. The third-order valence-electron chi connectivity index (χ3n) is 3.99. The fourth-order valence-electron chi connectivity index (χ4n) is 2.55. The fraction of sp³-hybridized carbons (Fsp3) is 0.280. The van der Waals surface area contributed by atoms with Gasteiger partial charge in [0, 0.05) is 24.3 Å². The number of phenols is 3. The number of hydrogen-bond acceptors (Lipinski definition) is 6. The minimum atomic E-state index is 0.140. The predicted octanol–water partition coefficient (Wildman–Crippen LogP) is 5.55. The summed E-state index contributed by atoms with van der Waals surface area (Å²) in [4.78, 5) is 0. The second kappa shape index (κ2) is 14.4. The van der Waals surface area contributed by atoms with Gasteiger partial charge in [-0.1, -0.05) is 38.1 Å². The predicted molar refractivity (Wildman–Crippen MR) is 123 cm³/mol. The lowest BCUT2D eigenvalue weighted by Gasteiger charge is -2.16. The molecule has 6 nitrogen and oxygen atoms in total. The van der Waals surface area contributed by atoms with E-state index in [9.17, 15) is 0 Å². The van der Waals surface area contributed by atoms with Crippen molar-refractivity contribution in [2.24, 2.45) is 0 Å². The Morgan fingerprint density at radius 2 is 1.32 bits per heavy atom. The largest absolute Gasteiger partial charge is 0.508 e. The van der Waals surface area contributed by atoms with Crippen LogP contribution in [0.25, 0.3) is 0 Å². The van der Waals surface area contributed by atoms with E-state index in [1.165, 1.54) is 31.9 Å². The molecule has 6 heteroatoms. The molecule has 0 saturated carbocycles. The van der Waals surface area contributed by atoms with E-state index in [1.54, 1.807) is 42.5 Å². The molecule has 0 spiro atoms. The third-order valence-corrected chi connectivity index (χ3v) is 3.99. The Bertz CT molecular complexity index is 858. The Balaban J connectivity index is 0.000000229. The van der Waals surface area contributed by atoms with Crippen LogP contribution in [0, 0.1) is 0 Å². The molecule has 0 aliphatic carbocycles. The van der Waals surface area contributed by atoms with Crippen molar-refractivity contribution in [3.63, 3.8) is 0 Å². The van der Waals surface area contributed by atoms with E-state index in [0.29, 0.717) is 17.2 Å². The first-order valence-electron chi connectivity index (χ1n) is 10.1. The van der Waals surface area contributed by atoms with Crippen LogP contribution in [0.4, 0.5) is 0 Å². The van der Waals surface area contributed by atoms with Gasteiger partial charge in [0.15, 0.2) is 0 Å². The van der Waals surface area contributed by atoms with Gasteiger partial charge in [0.05, 0.1) is 20.8 Å². The number of aromatic hydroxyl groups is 3. The Hall–Kier alpha value is -3.54. The Morgan fingerprint density at radius 1 is 0.710 bits per heavy atom. The number of rotatable bonds is 2. The lowest BCUT2D eigenvalue weighted by molar-refractivity contribution is 0.286.